The first-order chi connectivity index (χ1) is 19.4. The first-order valence-electron chi connectivity index (χ1n) is 12.9. The van der Waals surface area contributed by atoms with Crippen LogP contribution in [0.1, 0.15) is 24.2 Å². The Balaban J connectivity index is 0.000000298. The molecule has 0 aromatic heterocycles. The molecule has 0 radical (unpaired) electrons. The fourth-order valence-electron chi connectivity index (χ4n) is 3.91. The van der Waals surface area contributed by atoms with Crippen LogP contribution in [0.2, 0.25) is 5.02 Å². The number of halogens is 1. The lowest BCUT2D eigenvalue weighted by atomic mass is 10.1. The van der Waals surface area contributed by atoms with Gasteiger partial charge in [-0.25, -0.2) is 17.5 Å². The van der Waals surface area contributed by atoms with Crippen LogP contribution in [-0.2, 0) is 10.0 Å². The molecule has 0 bridgehead atoms. The normalized spacial score (nSPS) is 15.8. The molecule has 4 rings (SSSR count). The number of aliphatic hydroxyl groups is 1. The molecule has 220 valence electrons. The number of amides is 3. The molecule has 3 aromatic rings. The van der Waals surface area contributed by atoms with E-state index in [1.807, 2.05) is 32.0 Å². The number of hydrogen-bond donors (Lipinski definition) is 3. The predicted molar refractivity (Wildman–Crippen MR) is 160 cm³/mol. The van der Waals surface area contributed by atoms with Gasteiger partial charge >= 0.3 is 6.03 Å². The lowest BCUT2D eigenvalue weighted by Crippen LogP contribution is -2.45. The van der Waals surface area contributed by atoms with Crippen LogP contribution in [0.5, 0.6) is 5.75 Å². The largest absolute Gasteiger partial charge is 0.490 e. The van der Waals surface area contributed by atoms with Crippen LogP contribution in [0.25, 0.3) is 0 Å². The number of sulfonamides is 1. The number of carbonyl (C=O) groups excluding carboxylic acids is 2. The maximum absolute atomic E-state index is 13.1. The third kappa shape index (κ3) is 8.43. The van der Waals surface area contributed by atoms with Gasteiger partial charge in [0.1, 0.15) is 0 Å². The zero-order valence-electron chi connectivity index (χ0n) is 23.4. The Kier molecular flexibility index (Phi) is 11.1. The second-order valence-corrected chi connectivity index (χ2v) is 12.4. The van der Waals surface area contributed by atoms with Crippen LogP contribution in [0, 0.1) is 5.92 Å². The van der Waals surface area contributed by atoms with Crippen molar-refractivity contribution in [2.75, 3.05) is 44.5 Å². The van der Waals surface area contributed by atoms with Gasteiger partial charge in [-0.1, -0.05) is 42.8 Å². The molecule has 12 heteroatoms. The summed E-state index contributed by atoms with van der Waals surface area (Å²) in [6, 6.07) is 19.5. The van der Waals surface area contributed by atoms with Gasteiger partial charge in [0.25, 0.3) is 5.91 Å². The van der Waals surface area contributed by atoms with Gasteiger partial charge in [-0.15, -0.1) is 0 Å². The summed E-state index contributed by atoms with van der Waals surface area (Å²) in [4.78, 5) is 27.4. The number of para-hydroxylation sites is 2. The second-order valence-electron chi connectivity index (χ2n) is 9.77. The van der Waals surface area contributed by atoms with E-state index in [9.17, 15) is 23.1 Å². The Labute approximate surface area is 245 Å². The zero-order chi connectivity index (χ0) is 30.2. The molecule has 0 aliphatic carbocycles. The van der Waals surface area contributed by atoms with Crippen molar-refractivity contribution >= 4 is 44.9 Å². The molecule has 0 saturated carbocycles. The SMILES string of the molecule is CC1COc2c(NC(=O)Nc3ccccc3)cccc2C(=O)N(C(C)CO)C1.CN(C)S(=O)(=O)c1ccc(Cl)cc1. The van der Waals surface area contributed by atoms with Crippen LogP contribution >= 0.6 is 11.6 Å². The summed E-state index contributed by atoms with van der Waals surface area (Å²) in [5.74, 6) is 0.199. The molecule has 10 nitrogen and oxygen atoms in total. The molecule has 3 amide bonds. The smallest absolute Gasteiger partial charge is 0.323 e. The number of urea groups is 1. The summed E-state index contributed by atoms with van der Waals surface area (Å²) in [6.45, 7) is 4.56. The average molecular weight is 603 g/mol. The number of hydrogen-bond acceptors (Lipinski definition) is 6. The molecule has 1 aliphatic rings. The molecule has 3 N–H and O–H groups in total. The van der Waals surface area contributed by atoms with Crippen LogP contribution in [-0.4, -0.2) is 74.6 Å². The Hall–Kier alpha value is -3.64. The van der Waals surface area contributed by atoms with E-state index in [1.54, 1.807) is 47.4 Å². The average Bonchev–Trinajstić information content (AvgIpc) is 2.94. The van der Waals surface area contributed by atoms with Crippen molar-refractivity contribution in [2.24, 2.45) is 5.92 Å². The third-order valence-corrected chi connectivity index (χ3v) is 8.28. The first kappa shape index (κ1) is 31.9. The molecular formula is C29H35ClN4O6S. The molecule has 1 heterocycles. The van der Waals surface area contributed by atoms with Crippen molar-refractivity contribution in [3.63, 3.8) is 0 Å². The van der Waals surface area contributed by atoms with E-state index in [1.165, 1.54) is 26.2 Å². The third-order valence-electron chi connectivity index (χ3n) is 6.20. The van der Waals surface area contributed by atoms with Crippen LogP contribution in [0.15, 0.2) is 77.7 Å². The number of rotatable bonds is 6. The minimum atomic E-state index is -3.32. The van der Waals surface area contributed by atoms with E-state index in [4.69, 9.17) is 16.3 Å². The Morgan fingerprint density at radius 2 is 1.73 bits per heavy atom. The highest BCUT2D eigenvalue weighted by Crippen LogP contribution is 2.33. The number of nitrogens with one attached hydrogen (secondary N) is 2. The van der Waals surface area contributed by atoms with Gasteiger partial charge in [0.05, 0.1) is 35.4 Å². The molecule has 3 aromatic carbocycles. The minimum absolute atomic E-state index is 0.0808. The minimum Gasteiger partial charge on any atom is -0.490 e. The van der Waals surface area contributed by atoms with Gasteiger partial charge in [0, 0.05) is 37.3 Å². The van der Waals surface area contributed by atoms with E-state index in [-0.39, 0.29) is 29.4 Å². The lowest BCUT2D eigenvalue weighted by molar-refractivity contribution is 0.0525. The Morgan fingerprint density at radius 3 is 2.34 bits per heavy atom. The fraction of sp³-hybridized carbons (Fsp3) is 0.310. The van der Waals surface area contributed by atoms with E-state index in [0.29, 0.717) is 40.9 Å². The van der Waals surface area contributed by atoms with Crippen molar-refractivity contribution in [1.82, 2.24) is 9.21 Å². The van der Waals surface area contributed by atoms with Crippen molar-refractivity contribution < 1.29 is 27.9 Å². The molecule has 1 aliphatic heterocycles. The van der Waals surface area contributed by atoms with Crippen molar-refractivity contribution in [3.8, 4) is 5.75 Å². The van der Waals surface area contributed by atoms with Crippen LogP contribution in [0.3, 0.4) is 0 Å². The number of anilines is 2. The standard InChI is InChI=1S/C21H25N3O4.C8H10ClNO2S/c1-14-11-24(15(2)12-25)20(26)17-9-6-10-18(19(17)28-13-14)23-21(27)22-16-7-4-3-5-8-16;1-10(2)13(11,12)8-5-3-7(9)4-6-8/h3-10,14-15,25H,11-13H2,1-2H3,(H2,22,23,27);3-6H,1-2H3. The van der Waals surface area contributed by atoms with Gasteiger partial charge in [0.15, 0.2) is 5.75 Å². The topological polar surface area (TPSA) is 128 Å². The maximum atomic E-state index is 13.1. The molecule has 2 unspecified atom stereocenters. The second kappa shape index (κ2) is 14.3. The van der Waals surface area contributed by atoms with Gasteiger partial charge in [-0.2, -0.15) is 0 Å². The first-order valence-corrected chi connectivity index (χ1v) is 14.7. The highest BCUT2D eigenvalue weighted by Gasteiger charge is 2.29. The van der Waals surface area contributed by atoms with Gasteiger partial charge in [0.2, 0.25) is 10.0 Å². The fourth-order valence-corrected chi connectivity index (χ4v) is 4.94. The molecule has 0 saturated heterocycles. The van der Waals surface area contributed by atoms with Gasteiger partial charge < -0.3 is 25.4 Å². The van der Waals surface area contributed by atoms with Crippen LogP contribution in [0.4, 0.5) is 16.2 Å². The number of benzene rings is 3. The molecule has 0 spiro atoms. The zero-order valence-corrected chi connectivity index (χ0v) is 24.9. The maximum Gasteiger partial charge on any atom is 0.323 e. The van der Waals surface area contributed by atoms with Gasteiger partial charge in [-0.3, -0.25) is 4.79 Å². The molecular weight excluding hydrogens is 568 g/mol. The molecule has 2 atom stereocenters. The Morgan fingerprint density at radius 1 is 1.07 bits per heavy atom. The molecule has 41 heavy (non-hydrogen) atoms. The van der Waals surface area contributed by atoms with Crippen molar-refractivity contribution in [2.45, 2.75) is 24.8 Å². The summed E-state index contributed by atoms with van der Waals surface area (Å²) in [5, 5.41) is 15.6. The monoisotopic (exact) mass is 602 g/mol. The van der Waals surface area contributed by atoms with E-state index in [0.717, 1.165) is 4.31 Å². The number of aliphatic hydroxyl groups excluding tert-OH is 1. The number of fused-ring (bicyclic) bond motifs is 1. The summed E-state index contributed by atoms with van der Waals surface area (Å²) < 4.78 is 30.1. The van der Waals surface area contributed by atoms with Crippen LogP contribution < -0.4 is 15.4 Å². The summed E-state index contributed by atoms with van der Waals surface area (Å²) in [5.41, 5.74) is 1.45. The van der Waals surface area contributed by atoms with Gasteiger partial charge in [-0.05, 0) is 55.5 Å². The molecule has 0 fully saturated rings. The highest BCUT2D eigenvalue weighted by molar-refractivity contribution is 7.89. The Bertz CT molecular complexity index is 1440. The number of carbonyl (C=O) groups is 2. The van der Waals surface area contributed by atoms with E-state index in [2.05, 4.69) is 10.6 Å². The number of ether oxygens (including phenoxy) is 1. The number of nitrogens with zero attached hydrogens (tertiary/aromatic N) is 2. The summed E-state index contributed by atoms with van der Waals surface area (Å²) >= 11 is 5.63. The lowest BCUT2D eigenvalue weighted by Gasteiger charge is -2.33. The summed E-state index contributed by atoms with van der Waals surface area (Å²) in [7, 11) is -0.339. The summed E-state index contributed by atoms with van der Waals surface area (Å²) in [6.07, 6.45) is 0. The van der Waals surface area contributed by atoms with E-state index >= 15 is 0 Å². The predicted octanol–water partition coefficient (Wildman–Crippen LogP) is 4.77. The van der Waals surface area contributed by atoms with Crippen molar-refractivity contribution in [1.29, 1.82) is 0 Å². The highest BCUT2D eigenvalue weighted by atomic mass is 35.5. The quantitative estimate of drug-likeness (QED) is 0.373. The van der Waals surface area contributed by atoms with Crippen molar-refractivity contribution in [3.05, 3.63) is 83.4 Å². The van der Waals surface area contributed by atoms with E-state index < -0.39 is 16.1 Å².